The first-order valence-corrected chi connectivity index (χ1v) is 9.82. The van der Waals surface area contributed by atoms with E-state index in [0.717, 1.165) is 38.3 Å². The average molecular weight is 345 g/mol. The highest BCUT2D eigenvalue weighted by molar-refractivity contribution is 5.71. The Balaban J connectivity index is 1.56. The molecule has 2 atom stereocenters. The first-order valence-electron chi connectivity index (χ1n) is 9.82. The Labute approximate surface area is 151 Å². The van der Waals surface area contributed by atoms with Gasteiger partial charge in [-0.25, -0.2) is 0 Å². The predicted octanol–water partition coefficient (Wildman–Crippen LogP) is 4.33. The number of nitrogens with zero attached hydrogens (tertiary/aromatic N) is 1. The van der Waals surface area contributed by atoms with Crippen molar-refractivity contribution in [3.8, 4) is 5.75 Å². The number of benzene rings is 1. The highest BCUT2D eigenvalue weighted by Crippen LogP contribution is 2.27. The van der Waals surface area contributed by atoms with Gasteiger partial charge < -0.3 is 9.84 Å². The van der Waals surface area contributed by atoms with Crippen LogP contribution in [0, 0.1) is 11.8 Å². The molecular formula is C21H31NO3. The van der Waals surface area contributed by atoms with Gasteiger partial charge in [-0.05, 0) is 62.8 Å². The van der Waals surface area contributed by atoms with Crippen molar-refractivity contribution in [3.63, 3.8) is 0 Å². The number of carboxylic acids is 1. The molecule has 1 aromatic carbocycles. The first kappa shape index (κ1) is 18.2. The van der Waals surface area contributed by atoms with Crippen LogP contribution in [-0.2, 0) is 11.3 Å². The topological polar surface area (TPSA) is 49.8 Å². The molecule has 4 heteroatoms. The van der Waals surface area contributed by atoms with E-state index in [1.54, 1.807) is 0 Å². The number of likely N-dealkylation sites (tertiary alicyclic amines) is 1. The third-order valence-electron chi connectivity index (χ3n) is 5.93. The molecule has 0 radical (unpaired) electrons. The molecule has 3 rings (SSSR count). The molecule has 2 fully saturated rings. The summed E-state index contributed by atoms with van der Waals surface area (Å²) in [5.74, 6) is 0.736. The van der Waals surface area contributed by atoms with Crippen molar-refractivity contribution in [3.05, 3.63) is 29.8 Å². The van der Waals surface area contributed by atoms with Crippen molar-refractivity contribution in [2.45, 2.75) is 64.5 Å². The van der Waals surface area contributed by atoms with E-state index < -0.39 is 5.97 Å². The van der Waals surface area contributed by atoms with Crippen molar-refractivity contribution in [2.75, 3.05) is 13.2 Å². The Hall–Kier alpha value is -1.55. The Morgan fingerprint density at radius 3 is 2.76 bits per heavy atom. The molecule has 4 nitrogen and oxygen atoms in total. The number of aliphatic carboxylic acids is 1. The third-order valence-corrected chi connectivity index (χ3v) is 5.93. The number of piperidine rings is 1. The Morgan fingerprint density at radius 1 is 1.20 bits per heavy atom. The highest BCUT2D eigenvalue weighted by atomic mass is 16.5. The van der Waals surface area contributed by atoms with Gasteiger partial charge in [0.25, 0.3) is 0 Å². The van der Waals surface area contributed by atoms with E-state index in [4.69, 9.17) is 4.74 Å². The molecule has 0 spiro atoms. The molecular weight excluding hydrogens is 314 g/mol. The minimum atomic E-state index is -0.665. The molecule has 1 saturated heterocycles. The SMILES string of the molecule is C[C@@H]1[C@H](C(=O)O)CCCN1Cc1cccc(OCC2CCCCC2)c1. The number of rotatable bonds is 6. The fourth-order valence-electron chi connectivity index (χ4n) is 4.30. The van der Waals surface area contributed by atoms with Crippen molar-refractivity contribution in [1.82, 2.24) is 4.90 Å². The maximum Gasteiger partial charge on any atom is 0.308 e. The molecule has 0 amide bonds. The number of carbonyl (C=O) groups is 1. The molecule has 0 aromatic heterocycles. The molecule has 2 aliphatic rings. The summed E-state index contributed by atoms with van der Waals surface area (Å²) in [6.45, 7) is 4.63. The van der Waals surface area contributed by atoms with Crippen LogP contribution in [-0.4, -0.2) is 35.2 Å². The van der Waals surface area contributed by atoms with Gasteiger partial charge in [-0.1, -0.05) is 31.4 Å². The smallest absolute Gasteiger partial charge is 0.308 e. The van der Waals surface area contributed by atoms with Crippen LogP contribution in [0.5, 0.6) is 5.75 Å². The zero-order valence-corrected chi connectivity index (χ0v) is 15.3. The standard InChI is InChI=1S/C21H31NO3/c1-16-20(21(23)24)11-6-12-22(16)14-18-9-5-10-19(13-18)25-15-17-7-3-2-4-8-17/h5,9-10,13,16-17,20H,2-4,6-8,11-12,14-15H2,1H3,(H,23,24)/t16-,20-/m1/s1. The van der Waals surface area contributed by atoms with Crippen LogP contribution < -0.4 is 4.74 Å². The van der Waals surface area contributed by atoms with E-state index in [1.807, 2.05) is 13.0 Å². The lowest BCUT2D eigenvalue weighted by Crippen LogP contribution is -2.45. The van der Waals surface area contributed by atoms with Gasteiger partial charge in [0, 0.05) is 12.6 Å². The fourth-order valence-corrected chi connectivity index (χ4v) is 4.30. The van der Waals surface area contributed by atoms with E-state index in [1.165, 1.54) is 37.7 Å². The number of hydrogen-bond acceptors (Lipinski definition) is 3. The molecule has 1 aliphatic heterocycles. The second-order valence-corrected chi connectivity index (χ2v) is 7.76. The Morgan fingerprint density at radius 2 is 2.00 bits per heavy atom. The van der Waals surface area contributed by atoms with Crippen molar-refractivity contribution >= 4 is 5.97 Å². The van der Waals surface area contributed by atoms with Crippen LogP contribution in [0.25, 0.3) is 0 Å². The molecule has 1 N–H and O–H groups in total. The maximum atomic E-state index is 11.4. The zero-order valence-electron chi connectivity index (χ0n) is 15.3. The summed E-state index contributed by atoms with van der Waals surface area (Å²) < 4.78 is 6.05. The summed E-state index contributed by atoms with van der Waals surface area (Å²) >= 11 is 0. The van der Waals surface area contributed by atoms with Gasteiger partial charge in [-0.15, -0.1) is 0 Å². The minimum Gasteiger partial charge on any atom is -0.493 e. The lowest BCUT2D eigenvalue weighted by atomic mass is 9.90. The molecule has 138 valence electrons. The molecule has 1 aliphatic carbocycles. The predicted molar refractivity (Wildman–Crippen MR) is 98.7 cm³/mol. The average Bonchev–Trinajstić information content (AvgIpc) is 2.63. The number of hydrogen-bond donors (Lipinski definition) is 1. The quantitative estimate of drug-likeness (QED) is 0.834. The van der Waals surface area contributed by atoms with Gasteiger partial charge in [0.2, 0.25) is 0 Å². The van der Waals surface area contributed by atoms with Gasteiger partial charge in [0.15, 0.2) is 0 Å². The number of carboxylic acid groups (broad SMARTS) is 1. The molecule has 1 aromatic rings. The first-order chi connectivity index (χ1) is 12.1. The van der Waals surface area contributed by atoms with Gasteiger partial charge in [0.1, 0.15) is 5.75 Å². The van der Waals surface area contributed by atoms with Crippen LogP contribution in [0.15, 0.2) is 24.3 Å². The van der Waals surface area contributed by atoms with E-state index >= 15 is 0 Å². The fraction of sp³-hybridized carbons (Fsp3) is 0.667. The largest absolute Gasteiger partial charge is 0.493 e. The van der Waals surface area contributed by atoms with Crippen molar-refractivity contribution < 1.29 is 14.6 Å². The monoisotopic (exact) mass is 345 g/mol. The normalized spacial score (nSPS) is 25.6. The lowest BCUT2D eigenvalue weighted by molar-refractivity contribution is -0.145. The van der Waals surface area contributed by atoms with E-state index in [2.05, 4.69) is 23.1 Å². The summed E-state index contributed by atoms with van der Waals surface area (Å²) in [4.78, 5) is 13.7. The number of ether oxygens (including phenoxy) is 1. The third kappa shape index (κ3) is 4.97. The van der Waals surface area contributed by atoms with Gasteiger partial charge in [-0.2, -0.15) is 0 Å². The second-order valence-electron chi connectivity index (χ2n) is 7.76. The molecule has 25 heavy (non-hydrogen) atoms. The summed E-state index contributed by atoms with van der Waals surface area (Å²) in [7, 11) is 0. The van der Waals surface area contributed by atoms with Crippen LogP contribution >= 0.6 is 0 Å². The summed E-state index contributed by atoms with van der Waals surface area (Å²) in [6, 6.07) is 8.41. The zero-order chi connectivity index (χ0) is 17.6. The van der Waals surface area contributed by atoms with Crippen LogP contribution in [0.1, 0.15) is 57.4 Å². The molecule has 1 heterocycles. The maximum absolute atomic E-state index is 11.4. The van der Waals surface area contributed by atoms with Crippen LogP contribution in [0.4, 0.5) is 0 Å². The Kier molecular flexibility index (Phi) is 6.35. The summed E-state index contributed by atoms with van der Waals surface area (Å²) in [5, 5.41) is 9.38. The minimum absolute atomic E-state index is 0.0815. The molecule has 0 unspecified atom stereocenters. The Bertz CT molecular complexity index is 568. The molecule has 1 saturated carbocycles. The molecule has 0 bridgehead atoms. The summed E-state index contributed by atoms with van der Waals surface area (Å²) in [5.41, 5.74) is 1.21. The van der Waals surface area contributed by atoms with E-state index in [-0.39, 0.29) is 12.0 Å². The van der Waals surface area contributed by atoms with Crippen LogP contribution in [0.2, 0.25) is 0 Å². The van der Waals surface area contributed by atoms with Crippen molar-refractivity contribution in [1.29, 1.82) is 0 Å². The van der Waals surface area contributed by atoms with Gasteiger partial charge in [0.05, 0.1) is 12.5 Å². The van der Waals surface area contributed by atoms with Crippen molar-refractivity contribution in [2.24, 2.45) is 11.8 Å². The summed E-state index contributed by atoms with van der Waals surface area (Å²) in [6.07, 6.45) is 8.38. The lowest BCUT2D eigenvalue weighted by Gasteiger charge is -2.37. The van der Waals surface area contributed by atoms with E-state index in [9.17, 15) is 9.90 Å². The van der Waals surface area contributed by atoms with Gasteiger partial charge in [-0.3, -0.25) is 9.69 Å². The van der Waals surface area contributed by atoms with Gasteiger partial charge >= 0.3 is 5.97 Å². The second kappa shape index (κ2) is 8.70. The van der Waals surface area contributed by atoms with E-state index in [0.29, 0.717) is 5.92 Å². The van der Waals surface area contributed by atoms with Crippen LogP contribution in [0.3, 0.4) is 0 Å². The highest BCUT2D eigenvalue weighted by Gasteiger charge is 2.32.